The van der Waals surface area contributed by atoms with Gasteiger partial charge in [-0.1, -0.05) is 0 Å². The predicted molar refractivity (Wildman–Crippen MR) is 71.3 cm³/mol. The molecule has 1 aliphatic carbocycles. The van der Waals surface area contributed by atoms with Crippen molar-refractivity contribution in [1.82, 2.24) is 5.32 Å². The first kappa shape index (κ1) is 14.1. The molecule has 106 valence electrons. The fourth-order valence-electron chi connectivity index (χ4n) is 2.00. The average molecular weight is 266 g/mol. The van der Waals surface area contributed by atoms with E-state index in [-0.39, 0.29) is 5.91 Å². The Balaban J connectivity index is 1.53. The third-order valence-electron chi connectivity index (χ3n) is 3.49. The van der Waals surface area contributed by atoms with Crippen molar-refractivity contribution in [2.75, 3.05) is 13.2 Å². The zero-order valence-electron chi connectivity index (χ0n) is 11.4. The van der Waals surface area contributed by atoms with Crippen molar-refractivity contribution in [2.24, 2.45) is 11.7 Å². The van der Waals surface area contributed by atoms with Crippen molar-refractivity contribution >= 4 is 5.91 Å². The summed E-state index contributed by atoms with van der Waals surface area (Å²) in [5.74, 6) is 1.11. The van der Waals surface area contributed by atoms with Gasteiger partial charge in [-0.2, -0.15) is 0 Å². The number of hydrogen-bond acceptors (Lipinski definition) is 4. The lowest BCUT2D eigenvalue weighted by molar-refractivity contribution is -0.126. The number of hydrogen-bond donors (Lipinski definition) is 2. The molecule has 0 bridgehead atoms. The summed E-state index contributed by atoms with van der Waals surface area (Å²) in [6.07, 6.45) is 4.52. The zero-order chi connectivity index (χ0) is 13.7. The average Bonchev–Trinajstić information content (AvgIpc) is 3.13. The fourth-order valence-corrected chi connectivity index (χ4v) is 2.00. The van der Waals surface area contributed by atoms with Crippen LogP contribution in [0.15, 0.2) is 22.8 Å². The first-order valence-corrected chi connectivity index (χ1v) is 6.78. The topological polar surface area (TPSA) is 77.5 Å². The Morgan fingerprint density at radius 1 is 1.63 bits per heavy atom. The van der Waals surface area contributed by atoms with Crippen molar-refractivity contribution in [3.63, 3.8) is 0 Å². The van der Waals surface area contributed by atoms with E-state index in [1.54, 1.807) is 6.26 Å². The number of nitrogens with two attached hydrogens (primary N) is 1. The predicted octanol–water partition coefficient (Wildman–Crippen LogP) is 1.43. The standard InChI is InChI=1S/C14H22N2O3/c1-14(15,11-5-6-11)13(17)16-7-3-8-18-10-12-4-2-9-19-12/h2,4,9,11H,3,5-8,10,15H2,1H3,(H,16,17). The Labute approximate surface area is 113 Å². The fraction of sp³-hybridized carbons (Fsp3) is 0.643. The second-order valence-corrected chi connectivity index (χ2v) is 5.30. The highest BCUT2D eigenvalue weighted by atomic mass is 16.5. The van der Waals surface area contributed by atoms with Crippen molar-refractivity contribution in [1.29, 1.82) is 0 Å². The molecule has 3 N–H and O–H groups in total. The molecule has 19 heavy (non-hydrogen) atoms. The van der Waals surface area contributed by atoms with Crippen molar-refractivity contribution in [3.8, 4) is 0 Å². The van der Waals surface area contributed by atoms with Crippen LogP contribution in [0.5, 0.6) is 0 Å². The third kappa shape index (κ3) is 4.08. The molecule has 1 heterocycles. The van der Waals surface area contributed by atoms with E-state index in [9.17, 15) is 4.79 Å². The van der Waals surface area contributed by atoms with Crippen LogP contribution in [0.2, 0.25) is 0 Å². The maximum atomic E-state index is 11.9. The van der Waals surface area contributed by atoms with Gasteiger partial charge >= 0.3 is 0 Å². The number of nitrogens with one attached hydrogen (secondary N) is 1. The summed E-state index contributed by atoms with van der Waals surface area (Å²) in [5.41, 5.74) is 5.30. The summed E-state index contributed by atoms with van der Waals surface area (Å²) >= 11 is 0. The van der Waals surface area contributed by atoms with E-state index in [2.05, 4.69) is 5.32 Å². The number of amides is 1. The van der Waals surface area contributed by atoms with Crippen LogP contribution in [0.4, 0.5) is 0 Å². The van der Waals surface area contributed by atoms with Crippen molar-refractivity contribution in [2.45, 2.75) is 38.3 Å². The molecule has 1 fully saturated rings. The van der Waals surface area contributed by atoms with E-state index in [4.69, 9.17) is 14.9 Å². The lowest BCUT2D eigenvalue weighted by Crippen LogP contribution is -2.53. The van der Waals surface area contributed by atoms with Crippen LogP contribution in [0.3, 0.4) is 0 Å². The number of furan rings is 1. The van der Waals surface area contributed by atoms with E-state index >= 15 is 0 Å². The van der Waals surface area contributed by atoms with Crippen LogP contribution in [-0.2, 0) is 16.1 Å². The van der Waals surface area contributed by atoms with Crippen LogP contribution in [-0.4, -0.2) is 24.6 Å². The molecule has 1 aliphatic rings. The second kappa shape index (κ2) is 6.21. The molecule has 5 heteroatoms. The number of carbonyl (C=O) groups excluding carboxylic acids is 1. The Morgan fingerprint density at radius 2 is 2.42 bits per heavy atom. The lowest BCUT2D eigenvalue weighted by atomic mass is 9.96. The number of carbonyl (C=O) groups is 1. The van der Waals surface area contributed by atoms with E-state index < -0.39 is 5.54 Å². The lowest BCUT2D eigenvalue weighted by Gasteiger charge is -2.23. The summed E-state index contributed by atoms with van der Waals surface area (Å²) in [5, 5.41) is 2.87. The SMILES string of the molecule is CC(N)(C(=O)NCCCOCc1ccco1)C1CC1. The quantitative estimate of drug-likeness (QED) is 0.698. The van der Waals surface area contributed by atoms with Gasteiger partial charge in [-0.15, -0.1) is 0 Å². The molecule has 1 unspecified atom stereocenters. The van der Waals surface area contributed by atoms with Crippen LogP contribution < -0.4 is 11.1 Å². The Morgan fingerprint density at radius 3 is 3.05 bits per heavy atom. The van der Waals surface area contributed by atoms with Gasteiger partial charge in [0.1, 0.15) is 12.4 Å². The summed E-state index contributed by atoms with van der Waals surface area (Å²) in [4.78, 5) is 11.9. The molecule has 1 amide bonds. The van der Waals surface area contributed by atoms with Gasteiger partial charge in [0.25, 0.3) is 0 Å². The van der Waals surface area contributed by atoms with E-state index in [1.165, 1.54) is 0 Å². The minimum absolute atomic E-state index is 0.0546. The number of ether oxygens (including phenoxy) is 1. The van der Waals surface area contributed by atoms with Crippen LogP contribution >= 0.6 is 0 Å². The van der Waals surface area contributed by atoms with Gasteiger partial charge in [-0.05, 0) is 44.2 Å². The van der Waals surface area contributed by atoms with Crippen LogP contribution in [0, 0.1) is 5.92 Å². The molecule has 1 atom stereocenters. The van der Waals surface area contributed by atoms with Gasteiger partial charge in [-0.25, -0.2) is 0 Å². The smallest absolute Gasteiger partial charge is 0.240 e. The van der Waals surface area contributed by atoms with Gasteiger partial charge in [0.15, 0.2) is 0 Å². The Kier molecular flexibility index (Phi) is 4.61. The van der Waals surface area contributed by atoms with E-state index in [0.29, 0.717) is 25.7 Å². The molecular weight excluding hydrogens is 244 g/mol. The second-order valence-electron chi connectivity index (χ2n) is 5.30. The minimum Gasteiger partial charge on any atom is -0.467 e. The molecule has 0 spiro atoms. The van der Waals surface area contributed by atoms with Gasteiger partial charge in [0.2, 0.25) is 5.91 Å². The third-order valence-corrected chi connectivity index (χ3v) is 3.49. The van der Waals surface area contributed by atoms with Crippen LogP contribution in [0.25, 0.3) is 0 Å². The summed E-state index contributed by atoms with van der Waals surface area (Å²) < 4.78 is 10.6. The summed E-state index contributed by atoms with van der Waals surface area (Å²) in [6.45, 7) is 3.47. The minimum atomic E-state index is -0.713. The molecule has 0 aromatic carbocycles. The van der Waals surface area contributed by atoms with E-state index in [0.717, 1.165) is 25.0 Å². The normalized spacial score (nSPS) is 18.0. The van der Waals surface area contributed by atoms with Crippen molar-refractivity contribution < 1.29 is 13.9 Å². The first-order chi connectivity index (χ1) is 9.10. The summed E-state index contributed by atoms with van der Waals surface area (Å²) in [6, 6.07) is 3.70. The Bertz CT molecular complexity index is 397. The molecule has 5 nitrogen and oxygen atoms in total. The number of rotatable bonds is 8. The van der Waals surface area contributed by atoms with Crippen molar-refractivity contribution in [3.05, 3.63) is 24.2 Å². The highest BCUT2D eigenvalue weighted by Crippen LogP contribution is 2.38. The van der Waals surface area contributed by atoms with Gasteiger partial charge in [-0.3, -0.25) is 4.79 Å². The van der Waals surface area contributed by atoms with Gasteiger partial charge in [0, 0.05) is 13.2 Å². The largest absolute Gasteiger partial charge is 0.467 e. The van der Waals surface area contributed by atoms with Gasteiger partial charge in [0.05, 0.1) is 11.8 Å². The van der Waals surface area contributed by atoms with Crippen LogP contribution in [0.1, 0.15) is 31.9 Å². The molecule has 1 aromatic rings. The monoisotopic (exact) mass is 266 g/mol. The summed E-state index contributed by atoms with van der Waals surface area (Å²) in [7, 11) is 0. The highest BCUT2D eigenvalue weighted by Gasteiger charge is 2.43. The zero-order valence-corrected chi connectivity index (χ0v) is 11.4. The highest BCUT2D eigenvalue weighted by molar-refractivity contribution is 5.86. The molecule has 1 saturated carbocycles. The molecule has 0 radical (unpaired) electrons. The maximum absolute atomic E-state index is 11.9. The molecule has 0 saturated heterocycles. The first-order valence-electron chi connectivity index (χ1n) is 6.78. The molecule has 2 rings (SSSR count). The van der Waals surface area contributed by atoms with Gasteiger partial charge < -0.3 is 20.2 Å². The maximum Gasteiger partial charge on any atom is 0.240 e. The molecular formula is C14H22N2O3. The molecule has 0 aliphatic heterocycles. The Hall–Kier alpha value is -1.33. The van der Waals surface area contributed by atoms with E-state index in [1.807, 2.05) is 19.1 Å². The molecule has 1 aromatic heterocycles.